The van der Waals surface area contributed by atoms with E-state index < -0.39 is 80.7 Å². The van der Waals surface area contributed by atoms with Gasteiger partial charge in [0, 0.05) is 17.7 Å². The van der Waals surface area contributed by atoms with Crippen LogP contribution in [-0.4, -0.2) is 126 Å². The van der Waals surface area contributed by atoms with Crippen LogP contribution in [-0.2, 0) is 14.2 Å². The van der Waals surface area contributed by atoms with Gasteiger partial charge in [-0.15, -0.1) is 0 Å². The Hall–Kier alpha value is -3.22. The molecule has 42 heavy (non-hydrogen) atoms. The Morgan fingerprint density at radius 2 is 1.19 bits per heavy atom. The Bertz CT molecular complexity index is 1260. The number of fused-ring (bicyclic) bond motifs is 1. The standard InChI is InChI=1S/C27H32O15/c28-8-17-19(32)21(34)23(36)26(41-17)39-15-6-12(31)5-14-13(15)7-16(25(38-14)10-1-3-11(30)4-2-10)40-27-24(37)22(35)20(33)18(9-29)42-27/h1-7,17-37H,8-9H2/t17-,18-,19-,20-,21+,22+,23-,24-,25?,26-,27-/m1/s1. The molecule has 0 radical (unpaired) electrons. The molecule has 3 aliphatic heterocycles. The molecule has 5 rings (SSSR count). The maximum atomic E-state index is 10.6. The lowest BCUT2D eigenvalue weighted by Crippen LogP contribution is -2.60. The average Bonchev–Trinajstić information content (AvgIpc) is 2.98. The maximum Gasteiger partial charge on any atom is 0.229 e. The van der Waals surface area contributed by atoms with Crippen molar-refractivity contribution in [2.75, 3.05) is 13.2 Å². The van der Waals surface area contributed by atoms with E-state index in [9.17, 15) is 51.1 Å². The number of benzene rings is 2. The first-order chi connectivity index (χ1) is 20.0. The second-order valence-electron chi connectivity index (χ2n) is 10.1. The van der Waals surface area contributed by atoms with Crippen molar-refractivity contribution in [3.63, 3.8) is 0 Å². The zero-order valence-electron chi connectivity index (χ0n) is 21.8. The van der Waals surface area contributed by atoms with Crippen LogP contribution in [0.4, 0.5) is 0 Å². The lowest BCUT2D eigenvalue weighted by Gasteiger charge is -2.41. The Morgan fingerprint density at radius 1 is 0.643 bits per heavy atom. The first kappa shape index (κ1) is 30.2. The molecule has 0 aromatic heterocycles. The summed E-state index contributed by atoms with van der Waals surface area (Å²) in [6.45, 7) is -1.39. The number of hydrogen-bond acceptors (Lipinski definition) is 15. The van der Waals surface area contributed by atoms with Crippen LogP contribution >= 0.6 is 0 Å². The summed E-state index contributed by atoms with van der Waals surface area (Å²) < 4.78 is 28.7. The van der Waals surface area contributed by atoms with E-state index in [4.69, 9.17) is 23.7 Å². The summed E-state index contributed by atoms with van der Waals surface area (Å²) >= 11 is 0. The number of rotatable bonds is 7. The Balaban J connectivity index is 1.53. The van der Waals surface area contributed by atoms with E-state index in [-0.39, 0.29) is 34.3 Å². The van der Waals surface area contributed by atoms with Gasteiger partial charge in [0.2, 0.25) is 12.6 Å². The van der Waals surface area contributed by atoms with Crippen LogP contribution in [0, 0.1) is 0 Å². The molecule has 0 aliphatic carbocycles. The van der Waals surface area contributed by atoms with Crippen LogP contribution in [0.2, 0.25) is 0 Å². The SMILES string of the molecule is OC[C@H]1O[C@@H](OC2=Cc3c(cc(O)cc3O[C@@H]3O[C@H](CO)[C@@H](O)[C@H](O)[C@H]3O)OC2c2ccc(O)cc2)[C@H](O)[C@@H](O)[C@@H]1O. The molecule has 0 bridgehead atoms. The second kappa shape index (κ2) is 12.2. The van der Waals surface area contributed by atoms with E-state index in [1.807, 2.05) is 0 Å². The molecule has 0 amide bonds. The van der Waals surface area contributed by atoms with Crippen LogP contribution in [0.5, 0.6) is 23.0 Å². The van der Waals surface area contributed by atoms with Gasteiger partial charge in [-0.1, -0.05) is 12.1 Å². The molecule has 15 heteroatoms. The highest BCUT2D eigenvalue weighted by atomic mass is 16.7. The number of ether oxygens (including phenoxy) is 5. The fourth-order valence-electron chi connectivity index (χ4n) is 4.89. The van der Waals surface area contributed by atoms with E-state index in [0.717, 1.165) is 6.07 Å². The molecule has 3 heterocycles. The fourth-order valence-corrected chi connectivity index (χ4v) is 4.89. The van der Waals surface area contributed by atoms with Crippen molar-refractivity contribution >= 4 is 6.08 Å². The Labute approximate surface area is 238 Å². The van der Waals surface area contributed by atoms with Crippen molar-refractivity contribution in [3.05, 3.63) is 53.3 Å². The smallest absolute Gasteiger partial charge is 0.229 e. The van der Waals surface area contributed by atoms with Gasteiger partial charge >= 0.3 is 0 Å². The van der Waals surface area contributed by atoms with Crippen molar-refractivity contribution in [1.29, 1.82) is 0 Å². The molecule has 11 atom stereocenters. The van der Waals surface area contributed by atoms with Gasteiger partial charge < -0.3 is 74.7 Å². The molecule has 230 valence electrons. The van der Waals surface area contributed by atoms with Crippen molar-refractivity contribution in [1.82, 2.24) is 0 Å². The van der Waals surface area contributed by atoms with Gasteiger partial charge in [0.15, 0.2) is 6.10 Å². The highest BCUT2D eigenvalue weighted by Crippen LogP contribution is 2.45. The highest BCUT2D eigenvalue weighted by molar-refractivity contribution is 5.70. The summed E-state index contributed by atoms with van der Waals surface area (Å²) in [5.74, 6) is -0.503. The third kappa shape index (κ3) is 5.71. The molecule has 2 aromatic rings. The van der Waals surface area contributed by atoms with Gasteiger partial charge in [0.1, 0.15) is 77.6 Å². The predicted octanol–water partition coefficient (Wildman–Crippen LogP) is -2.43. The molecule has 2 aromatic carbocycles. The first-order valence-corrected chi connectivity index (χ1v) is 13.0. The summed E-state index contributed by atoms with van der Waals surface area (Å²) in [7, 11) is 0. The molecule has 2 fully saturated rings. The van der Waals surface area contributed by atoms with Crippen molar-refractivity contribution < 1.29 is 74.7 Å². The number of aliphatic hydroxyl groups excluding tert-OH is 8. The molecule has 2 saturated heterocycles. The highest BCUT2D eigenvalue weighted by Gasteiger charge is 2.47. The zero-order valence-corrected chi connectivity index (χ0v) is 21.8. The lowest BCUT2D eigenvalue weighted by atomic mass is 9.98. The maximum absolute atomic E-state index is 10.6. The van der Waals surface area contributed by atoms with Gasteiger partial charge in [-0.25, -0.2) is 0 Å². The summed E-state index contributed by atoms with van der Waals surface area (Å²) in [6.07, 6.45) is -15.7. The van der Waals surface area contributed by atoms with Crippen LogP contribution in [0.25, 0.3) is 6.08 Å². The third-order valence-corrected chi connectivity index (χ3v) is 7.27. The van der Waals surface area contributed by atoms with Gasteiger partial charge in [-0.05, 0) is 18.2 Å². The number of aliphatic hydroxyl groups is 8. The number of phenolic OH excluding ortho intramolecular Hbond substituents is 2. The van der Waals surface area contributed by atoms with Gasteiger partial charge in [-0.2, -0.15) is 0 Å². The minimum atomic E-state index is -1.76. The van der Waals surface area contributed by atoms with Crippen molar-refractivity contribution in [2.45, 2.75) is 67.5 Å². The van der Waals surface area contributed by atoms with Gasteiger partial charge in [-0.3, -0.25) is 0 Å². The van der Waals surface area contributed by atoms with Crippen LogP contribution in [0.1, 0.15) is 17.2 Å². The first-order valence-electron chi connectivity index (χ1n) is 13.0. The molecular weight excluding hydrogens is 564 g/mol. The van der Waals surface area contributed by atoms with Gasteiger partial charge in [0.05, 0.1) is 18.8 Å². The summed E-state index contributed by atoms with van der Waals surface area (Å²) in [5.41, 5.74) is 0.563. The van der Waals surface area contributed by atoms with Crippen LogP contribution < -0.4 is 9.47 Å². The van der Waals surface area contributed by atoms with E-state index in [0.29, 0.717) is 5.56 Å². The van der Waals surface area contributed by atoms with E-state index >= 15 is 0 Å². The van der Waals surface area contributed by atoms with Crippen LogP contribution in [0.3, 0.4) is 0 Å². The number of phenols is 2. The summed E-state index contributed by atoms with van der Waals surface area (Å²) in [6, 6.07) is 8.20. The monoisotopic (exact) mass is 596 g/mol. The molecular formula is C27H32O15. The minimum Gasteiger partial charge on any atom is -0.508 e. The predicted molar refractivity (Wildman–Crippen MR) is 137 cm³/mol. The van der Waals surface area contributed by atoms with E-state index in [1.54, 1.807) is 0 Å². The Morgan fingerprint density at radius 3 is 1.74 bits per heavy atom. The molecule has 0 saturated carbocycles. The number of aromatic hydroxyl groups is 2. The molecule has 3 aliphatic rings. The zero-order chi connectivity index (χ0) is 30.3. The van der Waals surface area contributed by atoms with Crippen molar-refractivity contribution in [2.24, 2.45) is 0 Å². The molecule has 15 nitrogen and oxygen atoms in total. The fraction of sp³-hybridized carbons (Fsp3) is 0.481. The topological polar surface area (TPSA) is 248 Å². The number of hydrogen-bond donors (Lipinski definition) is 10. The van der Waals surface area contributed by atoms with Gasteiger partial charge in [0.25, 0.3) is 0 Å². The van der Waals surface area contributed by atoms with E-state index in [2.05, 4.69) is 0 Å². The molecule has 10 N–H and O–H groups in total. The summed E-state index contributed by atoms with van der Waals surface area (Å²) in [4.78, 5) is 0. The quantitative estimate of drug-likeness (QED) is 0.160. The van der Waals surface area contributed by atoms with E-state index in [1.165, 1.54) is 36.4 Å². The third-order valence-electron chi connectivity index (χ3n) is 7.27. The minimum absolute atomic E-state index is 0.0387. The molecule has 1 unspecified atom stereocenters. The Kier molecular flexibility index (Phi) is 8.77. The average molecular weight is 597 g/mol. The summed E-state index contributed by atoms with van der Waals surface area (Å²) in [5, 5.41) is 101. The van der Waals surface area contributed by atoms with Crippen LogP contribution in [0.15, 0.2) is 42.2 Å². The lowest BCUT2D eigenvalue weighted by molar-refractivity contribution is -0.293. The molecule has 0 spiro atoms. The second-order valence-corrected chi connectivity index (χ2v) is 10.1. The normalized spacial score (nSPS) is 36.4. The largest absolute Gasteiger partial charge is 0.508 e. The van der Waals surface area contributed by atoms with Crippen molar-refractivity contribution in [3.8, 4) is 23.0 Å².